The second-order valence-electron chi connectivity index (χ2n) is 9.31. The Morgan fingerprint density at radius 1 is 1.25 bits per heavy atom. The number of nitrogens with one attached hydrogen (secondary N) is 3. The zero-order chi connectivity index (χ0) is 26.4. The van der Waals surface area contributed by atoms with Crippen LogP contribution >= 0.6 is 12.6 Å². The van der Waals surface area contributed by atoms with Crippen molar-refractivity contribution in [1.29, 1.82) is 0 Å². The number of amides is 3. The number of fused-ring (bicyclic) bond motifs is 1. The number of carbonyl (C=O) groups excluding carboxylic acids is 3. The van der Waals surface area contributed by atoms with Crippen molar-refractivity contribution in [3.8, 4) is 0 Å². The highest BCUT2D eigenvalue weighted by Crippen LogP contribution is 2.21. The summed E-state index contributed by atoms with van der Waals surface area (Å²) in [6, 6.07) is 3.87. The molecular weight excluding hydrogens is 482 g/mol. The Balaban J connectivity index is 1.85. The third-order valence-electron chi connectivity index (χ3n) is 6.86. The Morgan fingerprint density at radius 2 is 1.97 bits per heavy atom. The molecule has 0 bridgehead atoms. The molecule has 0 saturated carbocycles. The quantitative estimate of drug-likeness (QED) is 0.245. The average molecular weight is 518 g/mol. The van der Waals surface area contributed by atoms with Gasteiger partial charge in [0.05, 0.1) is 6.04 Å². The molecule has 1 fully saturated rings. The molecule has 3 amide bonds. The largest absolute Gasteiger partial charge is 0.480 e. The zero-order valence-corrected chi connectivity index (χ0v) is 21.5. The zero-order valence-electron chi connectivity index (χ0n) is 20.6. The van der Waals surface area contributed by atoms with E-state index in [4.69, 9.17) is 5.73 Å². The molecule has 6 N–H and O–H groups in total. The predicted octanol–water partition coefficient (Wildman–Crippen LogP) is 1.06. The third kappa shape index (κ3) is 6.19. The molecule has 5 atom stereocenters. The lowest BCUT2D eigenvalue weighted by atomic mass is 9.98. The molecule has 11 heteroatoms. The number of aliphatic carboxylic acids is 1. The average Bonchev–Trinajstić information content (AvgIpc) is 3.52. The van der Waals surface area contributed by atoms with Crippen LogP contribution < -0.4 is 16.4 Å². The first-order valence-corrected chi connectivity index (χ1v) is 12.9. The fourth-order valence-electron chi connectivity index (χ4n) is 4.53. The fourth-order valence-corrected chi connectivity index (χ4v) is 4.68. The Kier molecular flexibility index (Phi) is 9.38. The Labute approximate surface area is 215 Å². The molecule has 196 valence electrons. The van der Waals surface area contributed by atoms with Crippen LogP contribution in [0.3, 0.4) is 0 Å². The lowest BCUT2D eigenvalue weighted by Crippen LogP contribution is -2.58. The minimum atomic E-state index is -1.14. The number of hydrogen-bond donors (Lipinski definition) is 6. The van der Waals surface area contributed by atoms with Gasteiger partial charge in [-0.05, 0) is 30.4 Å². The molecule has 10 nitrogen and oxygen atoms in total. The summed E-state index contributed by atoms with van der Waals surface area (Å²) >= 11 is 4.09. The van der Waals surface area contributed by atoms with Crippen LogP contribution in [0.5, 0.6) is 0 Å². The van der Waals surface area contributed by atoms with E-state index in [9.17, 15) is 24.3 Å². The van der Waals surface area contributed by atoms with E-state index < -0.39 is 42.0 Å². The molecule has 1 aromatic carbocycles. The molecule has 5 unspecified atom stereocenters. The number of hydrogen-bond acceptors (Lipinski definition) is 6. The molecule has 2 heterocycles. The molecule has 36 heavy (non-hydrogen) atoms. The lowest BCUT2D eigenvalue weighted by molar-refractivity contribution is -0.144. The van der Waals surface area contributed by atoms with Crippen LogP contribution in [0.2, 0.25) is 0 Å². The molecular formula is C25H35N5O5S. The van der Waals surface area contributed by atoms with E-state index in [1.165, 1.54) is 4.90 Å². The number of H-pyrrole nitrogens is 1. The highest BCUT2D eigenvalue weighted by molar-refractivity contribution is 7.80. The molecule has 1 aliphatic heterocycles. The first kappa shape index (κ1) is 27.5. The highest BCUT2D eigenvalue weighted by atomic mass is 32.1. The summed E-state index contributed by atoms with van der Waals surface area (Å²) in [5.74, 6) is -2.71. The number of benzene rings is 1. The number of nitrogens with two attached hydrogens (primary N) is 1. The Morgan fingerprint density at radius 3 is 2.64 bits per heavy atom. The number of para-hydroxylation sites is 1. The number of nitrogens with zero attached hydrogens (tertiary/aromatic N) is 1. The van der Waals surface area contributed by atoms with Crippen molar-refractivity contribution in [1.82, 2.24) is 20.5 Å². The molecule has 1 aromatic heterocycles. The fraction of sp³-hybridized carbons (Fsp3) is 0.520. The minimum Gasteiger partial charge on any atom is -0.480 e. The summed E-state index contributed by atoms with van der Waals surface area (Å²) in [4.78, 5) is 55.8. The number of aromatic amines is 1. The van der Waals surface area contributed by atoms with Crippen molar-refractivity contribution in [3.63, 3.8) is 0 Å². The number of carboxylic acid groups (broad SMARTS) is 1. The summed E-state index contributed by atoms with van der Waals surface area (Å²) in [5, 5.41) is 16.0. The van der Waals surface area contributed by atoms with Gasteiger partial charge in [-0.3, -0.25) is 14.4 Å². The molecule has 0 spiro atoms. The maximum absolute atomic E-state index is 13.4. The van der Waals surface area contributed by atoms with Gasteiger partial charge < -0.3 is 31.4 Å². The predicted molar refractivity (Wildman–Crippen MR) is 140 cm³/mol. The van der Waals surface area contributed by atoms with Gasteiger partial charge in [0, 0.05) is 35.8 Å². The van der Waals surface area contributed by atoms with Gasteiger partial charge in [-0.15, -0.1) is 0 Å². The van der Waals surface area contributed by atoms with Gasteiger partial charge in [-0.1, -0.05) is 38.5 Å². The summed E-state index contributed by atoms with van der Waals surface area (Å²) in [6.45, 7) is 3.99. The van der Waals surface area contributed by atoms with Gasteiger partial charge in [0.15, 0.2) is 0 Å². The van der Waals surface area contributed by atoms with Crippen molar-refractivity contribution in [2.45, 2.75) is 63.7 Å². The molecule has 1 saturated heterocycles. The van der Waals surface area contributed by atoms with Gasteiger partial charge in [-0.25, -0.2) is 4.79 Å². The van der Waals surface area contributed by atoms with Crippen molar-refractivity contribution >= 4 is 47.2 Å². The van der Waals surface area contributed by atoms with Gasteiger partial charge in [0.25, 0.3) is 0 Å². The smallest absolute Gasteiger partial charge is 0.326 e. The van der Waals surface area contributed by atoms with Crippen LogP contribution in [0.4, 0.5) is 0 Å². The second kappa shape index (κ2) is 12.3. The minimum absolute atomic E-state index is 0.144. The topological polar surface area (TPSA) is 158 Å². The monoisotopic (exact) mass is 517 g/mol. The lowest BCUT2D eigenvalue weighted by Gasteiger charge is -2.29. The Hall–Kier alpha value is -3.05. The van der Waals surface area contributed by atoms with Crippen LogP contribution in [0.15, 0.2) is 30.5 Å². The third-order valence-corrected chi connectivity index (χ3v) is 7.25. The van der Waals surface area contributed by atoms with Crippen LogP contribution in [-0.4, -0.2) is 75.1 Å². The molecule has 3 rings (SSSR count). The normalized spacial score (nSPS) is 18.9. The van der Waals surface area contributed by atoms with E-state index in [-0.39, 0.29) is 24.0 Å². The first-order chi connectivity index (χ1) is 17.2. The number of likely N-dealkylation sites (tertiary alicyclic amines) is 1. The number of thiol groups is 1. The van der Waals surface area contributed by atoms with E-state index in [0.717, 1.165) is 16.5 Å². The summed E-state index contributed by atoms with van der Waals surface area (Å²) in [7, 11) is 0. The van der Waals surface area contributed by atoms with E-state index in [1.54, 1.807) is 13.1 Å². The van der Waals surface area contributed by atoms with E-state index in [0.29, 0.717) is 25.8 Å². The van der Waals surface area contributed by atoms with Crippen molar-refractivity contribution < 1.29 is 24.3 Å². The number of aromatic nitrogens is 1. The summed E-state index contributed by atoms with van der Waals surface area (Å²) in [5.41, 5.74) is 7.54. The molecule has 2 aromatic rings. The van der Waals surface area contributed by atoms with Crippen molar-refractivity contribution in [2.75, 3.05) is 12.3 Å². The van der Waals surface area contributed by atoms with Gasteiger partial charge in [0.1, 0.15) is 18.1 Å². The summed E-state index contributed by atoms with van der Waals surface area (Å²) in [6.07, 6.45) is 3.56. The van der Waals surface area contributed by atoms with Crippen LogP contribution in [0.1, 0.15) is 38.7 Å². The van der Waals surface area contributed by atoms with Gasteiger partial charge >= 0.3 is 5.97 Å². The van der Waals surface area contributed by atoms with E-state index in [2.05, 4.69) is 28.2 Å². The molecule has 0 radical (unpaired) electrons. The second-order valence-corrected chi connectivity index (χ2v) is 9.68. The standard InChI is InChI=1S/C25H35N5O5S/c1-3-14(2)21(25(34)35)29-22(31)19(11-15-12-27-18-8-5-4-7-16(15)18)28-23(32)20-9-6-10-30(20)24(33)17(26)13-36/h4-5,7-8,12,14,17,19-21,27,36H,3,6,9-11,13,26H2,1-2H3,(H,28,32)(H,29,31)(H,34,35). The van der Waals surface area contributed by atoms with Crippen LogP contribution in [0.25, 0.3) is 10.9 Å². The first-order valence-electron chi connectivity index (χ1n) is 12.2. The maximum Gasteiger partial charge on any atom is 0.326 e. The Bertz CT molecular complexity index is 1110. The van der Waals surface area contributed by atoms with Crippen LogP contribution in [-0.2, 0) is 25.6 Å². The van der Waals surface area contributed by atoms with Crippen molar-refractivity contribution in [2.24, 2.45) is 11.7 Å². The SMILES string of the molecule is CCC(C)C(NC(=O)C(Cc1c[nH]c2ccccc12)NC(=O)C1CCCN1C(=O)C(N)CS)C(=O)O. The van der Waals surface area contributed by atoms with Gasteiger partial charge in [0.2, 0.25) is 17.7 Å². The molecule has 1 aliphatic rings. The molecule has 0 aliphatic carbocycles. The number of rotatable bonds is 11. The van der Waals surface area contributed by atoms with E-state index >= 15 is 0 Å². The summed E-state index contributed by atoms with van der Waals surface area (Å²) < 4.78 is 0. The maximum atomic E-state index is 13.4. The van der Waals surface area contributed by atoms with E-state index in [1.807, 2.05) is 31.2 Å². The number of carboxylic acids is 1. The van der Waals surface area contributed by atoms with Crippen molar-refractivity contribution in [3.05, 3.63) is 36.0 Å². The highest BCUT2D eigenvalue weighted by Gasteiger charge is 2.38. The van der Waals surface area contributed by atoms with Crippen LogP contribution in [0, 0.1) is 5.92 Å². The van der Waals surface area contributed by atoms with Gasteiger partial charge in [-0.2, -0.15) is 12.6 Å². The number of carbonyl (C=O) groups is 4.